The minimum absolute atomic E-state index is 0.0142. The van der Waals surface area contributed by atoms with Gasteiger partial charge in [-0.25, -0.2) is 4.98 Å². The number of carboxylic acid groups (broad SMARTS) is 1. The highest BCUT2D eigenvalue weighted by Crippen LogP contribution is 2.19. The molecule has 6 nitrogen and oxygen atoms in total. The number of rotatable bonds is 6. The van der Waals surface area contributed by atoms with Crippen LogP contribution in [0.2, 0.25) is 0 Å². The number of thioether (sulfide) groups is 1. The summed E-state index contributed by atoms with van der Waals surface area (Å²) >= 11 is 2.74. The quantitative estimate of drug-likeness (QED) is 0.810. The zero-order valence-corrected chi connectivity index (χ0v) is 11.4. The van der Waals surface area contributed by atoms with Gasteiger partial charge in [0.1, 0.15) is 10.8 Å². The average molecular weight is 284 g/mol. The van der Waals surface area contributed by atoms with Gasteiger partial charge in [-0.1, -0.05) is 18.7 Å². The summed E-state index contributed by atoms with van der Waals surface area (Å²) in [6.45, 7) is 2.59. The summed E-state index contributed by atoms with van der Waals surface area (Å²) in [5.74, 6) is -0.0281. The summed E-state index contributed by atoms with van der Waals surface area (Å²) in [5.41, 5.74) is 0. The van der Waals surface area contributed by atoms with Crippen LogP contribution in [0, 0.1) is 0 Å². The monoisotopic (exact) mass is 284 g/mol. The third kappa shape index (κ3) is 3.08. The maximum Gasteiger partial charge on any atom is 0.313 e. The van der Waals surface area contributed by atoms with Gasteiger partial charge in [0, 0.05) is 18.0 Å². The second-order valence-corrected chi connectivity index (χ2v) is 5.37. The molecule has 0 aliphatic heterocycles. The van der Waals surface area contributed by atoms with E-state index in [2.05, 4.69) is 15.2 Å². The number of aryl methyl sites for hydroxylation is 1. The maximum absolute atomic E-state index is 10.6. The fraction of sp³-hybridized carbons (Fsp3) is 0.400. The number of nitrogens with zero attached hydrogens (tertiary/aromatic N) is 4. The van der Waals surface area contributed by atoms with Crippen molar-refractivity contribution in [2.45, 2.75) is 25.0 Å². The molecule has 2 aromatic rings. The SMILES string of the molecule is CCc1nnc(SCC(=O)O)n1Cc1nccs1. The molecule has 8 heteroatoms. The molecule has 96 valence electrons. The van der Waals surface area contributed by atoms with Crippen molar-refractivity contribution < 1.29 is 9.90 Å². The van der Waals surface area contributed by atoms with Gasteiger partial charge in [0.2, 0.25) is 0 Å². The summed E-state index contributed by atoms with van der Waals surface area (Å²) in [6, 6.07) is 0. The van der Waals surface area contributed by atoms with Crippen LogP contribution in [0.25, 0.3) is 0 Å². The lowest BCUT2D eigenvalue weighted by atomic mass is 10.4. The average Bonchev–Trinajstić information content (AvgIpc) is 2.97. The molecular formula is C10H12N4O2S2. The molecule has 0 amide bonds. The van der Waals surface area contributed by atoms with E-state index in [1.807, 2.05) is 16.9 Å². The van der Waals surface area contributed by atoms with E-state index in [4.69, 9.17) is 5.11 Å². The van der Waals surface area contributed by atoms with Crippen LogP contribution in [-0.4, -0.2) is 36.6 Å². The van der Waals surface area contributed by atoms with Gasteiger partial charge in [0.15, 0.2) is 5.16 Å². The van der Waals surface area contributed by atoms with Crippen molar-refractivity contribution in [2.75, 3.05) is 5.75 Å². The Morgan fingerprint density at radius 3 is 3.00 bits per heavy atom. The van der Waals surface area contributed by atoms with Crippen molar-refractivity contribution >= 4 is 29.1 Å². The van der Waals surface area contributed by atoms with Crippen LogP contribution in [0.15, 0.2) is 16.7 Å². The molecule has 0 radical (unpaired) electrons. The maximum atomic E-state index is 10.6. The fourth-order valence-electron chi connectivity index (χ4n) is 1.44. The number of thiazole rings is 1. The zero-order valence-electron chi connectivity index (χ0n) is 9.74. The Labute approximate surface area is 112 Å². The normalized spacial score (nSPS) is 10.7. The Morgan fingerprint density at radius 1 is 1.56 bits per heavy atom. The summed E-state index contributed by atoms with van der Waals surface area (Å²) < 4.78 is 1.92. The zero-order chi connectivity index (χ0) is 13.0. The predicted molar refractivity (Wildman–Crippen MR) is 69.0 cm³/mol. The molecule has 0 bridgehead atoms. The van der Waals surface area contributed by atoms with Gasteiger partial charge in [-0.15, -0.1) is 21.5 Å². The number of hydrogen-bond donors (Lipinski definition) is 1. The predicted octanol–water partition coefficient (Wildman–Crippen LogP) is 1.52. The molecule has 0 saturated heterocycles. The molecule has 0 aliphatic carbocycles. The van der Waals surface area contributed by atoms with Crippen LogP contribution >= 0.6 is 23.1 Å². The Bertz CT molecular complexity index is 524. The van der Waals surface area contributed by atoms with E-state index in [9.17, 15) is 4.79 Å². The Morgan fingerprint density at radius 2 is 2.39 bits per heavy atom. The van der Waals surface area contributed by atoms with Crippen LogP contribution < -0.4 is 0 Å². The van der Waals surface area contributed by atoms with E-state index in [0.717, 1.165) is 17.3 Å². The lowest BCUT2D eigenvalue weighted by molar-refractivity contribution is -0.133. The van der Waals surface area contributed by atoms with Gasteiger partial charge in [0.05, 0.1) is 12.3 Å². The lowest BCUT2D eigenvalue weighted by Gasteiger charge is -2.06. The number of aromatic nitrogens is 4. The Kier molecular flexibility index (Phi) is 4.32. The number of carboxylic acids is 1. The van der Waals surface area contributed by atoms with Gasteiger partial charge in [-0.05, 0) is 0 Å². The van der Waals surface area contributed by atoms with Gasteiger partial charge in [0.25, 0.3) is 0 Å². The first-order valence-electron chi connectivity index (χ1n) is 5.35. The molecule has 0 fully saturated rings. The van der Waals surface area contributed by atoms with Crippen molar-refractivity contribution in [2.24, 2.45) is 0 Å². The topological polar surface area (TPSA) is 80.9 Å². The van der Waals surface area contributed by atoms with Gasteiger partial charge >= 0.3 is 5.97 Å². The molecular weight excluding hydrogens is 272 g/mol. The van der Waals surface area contributed by atoms with Crippen molar-refractivity contribution in [1.82, 2.24) is 19.7 Å². The summed E-state index contributed by atoms with van der Waals surface area (Å²) in [4.78, 5) is 14.8. The van der Waals surface area contributed by atoms with Crippen molar-refractivity contribution in [1.29, 1.82) is 0 Å². The molecule has 0 aromatic carbocycles. The highest BCUT2D eigenvalue weighted by atomic mass is 32.2. The van der Waals surface area contributed by atoms with E-state index >= 15 is 0 Å². The van der Waals surface area contributed by atoms with Gasteiger partial charge < -0.3 is 5.11 Å². The van der Waals surface area contributed by atoms with E-state index < -0.39 is 5.97 Å². The minimum atomic E-state index is -0.859. The highest BCUT2D eigenvalue weighted by Gasteiger charge is 2.13. The molecule has 18 heavy (non-hydrogen) atoms. The van der Waals surface area contributed by atoms with Crippen molar-refractivity contribution in [3.63, 3.8) is 0 Å². The van der Waals surface area contributed by atoms with Gasteiger partial charge in [-0.3, -0.25) is 9.36 Å². The lowest BCUT2D eigenvalue weighted by Crippen LogP contribution is -2.07. The smallest absolute Gasteiger partial charge is 0.313 e. The van der Waals surface area contributed by atoms with Crippen LogP contribution in [0.3, 0.4) is 0 Å². The van der Waals surface area contributed by atoms with E-state index in [1.165, 1.54) is 11.8 Å². The van der Waals surface area contributed by atoms with Crippen LogP contribution in [-0.2, 0) is 17.8 Å². The molecule has 0 saturated carbocycles. The molecule has 2 rings (SSSR count). The van der Waals surface area contributed by atoms with Crippen molar-refractivity contribution in [3.8, 4) is 0 Å². The highest BCUT2D eigenvalue weighted by molar-refractivity contribution is 7.99. The Balaban J connectivity index is 2.19. The number of carbonyl (C=O) groups is 1. The number of aliphatic carboxylic acids is 1. The molecule has 1 N–H and O–H groups in total. The standard InChI is InChI=1S/C10H12N4O2S2/c1-2-7-12-13-10(18-6-9(15)16)14(7)5-8-11-3-4-17-8/h3-4H,2,5-6H2,1H3,(H,15,16). The first-order valence-corrected chi connectivity index (χ1v) is 7.22. The molecule has 2 aromatic heterocycles. The fourth-order valence-corrected chi connectivity index (χ4v) is 2.72. The second kappa shape index (κ2) is 5.96. The summed E-state index contributed by atoms with van der Waals surface area (Å²) in [6.07, 6.45) is 2.51. The van der Waals surface area contributed by atoms with Gasteiger partial charge in [-0.2, -0.15) is 0 Å². The van der Waals surface area contributed by atoms with E-state index in [1.54, 1.807) is 17.5 Å². The summed E-state index contributed by atoms with van der Waals surface area (Å²) in [7, 11) is 0. The third-order valence-electron chi connectivity index (χ3n) is 2.21. The molecule has 0 spiro atoms. The first kappa shape index (κ1) is 13.0. The van der Waals surface area contributed by atoms with Crippen LogP contribution in [0.1, 0.15) is 17.8 Å². The van der Waals surface area contributed by atoms with E-state index in [0.29, 0.717) is 11.7 Å². The van der Waals surface area contributed by atoms with Crippen LogP contribution in [0.5, 0.6) is 0 Å². The second-order valence-electron chi connectivity index (χ2n) is 3.45. The largest absolute Gasteiger partial charge is 0.481 e. The summed E-state index contributed by atoms with van der Waals surface area (Å²) in [5, 5.41) is 20.3. The molecule has 0 unspecified atom stereocenters. The number of hydrogen-bond acceptors (Lipinski definition) is 6. The molecule has 0 atom stereocenters. The Hall–Kier alpha value is -1.41. The van der Waals surface area contributed by atoms with Crippen molar-refractivity contribution in [3.05, 3.63) is 22.4 Å². The van der Waals surface area contributed by atoms with E-state index in [-0.39, 0.29) is 5.75 Å². The van der Waals surface area contributed by atoms with Crippen LogP contribution in [0.4, 0.5) is 0 Å². The minimum Gasteiger partial charge on any atom is -0.481 e. The molecule has 2 heterocycles. The third-order valence-corrected chi connectivity index (χ3v) is 3.93. The first-order chi connectivity index (χ1) is 8.70. The molecule has 0 aliphatic rings.